The molecule has 1 saturated heterocycles. The predicted molar refractivity (Wildman–Crippen MR) is 107 cm³/mol. The van der Waals surface area contributed by atoms with Crippen LogP contribution in [0.15, 0.2) is 88.6 Å². The van der Waals surface area contributed by atoms with Crippen LogP contribution in [-0.4, -0.2) is 11.9 Å². The number of rotatable bonds is 4. The maximum atomic E-state index is 12.3. The van der Waals surface area contributed by atoms with Gasteiger partial charge in [-0.1, -0.05) is 66.7 Å². The number of allylic oxidation sites excluding steroid dienone is 2. The number of ether oxygens (including phenoxy) is 1. The SMILES string of the molecule is CC(=Cc1ccccc1)C(=C1CC(=O)OC1=O)c1coc(-c2ccccc2)c1. The average Bonchev–Trinajstić information content (AvgIpc) is 3.31. The predicted octanol–water partition coefficient (Wildman–Crippen LogP) is 5.28. The molecule has 0 unspecified atom stereocenters. The van der Waals surface area contributed by atoms with Gasteiger partial charge in [-0.3, -0.25) is 4.79 Å². The van der Waals surface area contributed by atoms with Crippen LogP contribution in [-0.2, 0) is 14.3 Å². The Bertz CT molecular complexity index is 1090. The molecule has 0 aliphatic carbocycles. The molecule has 138 valence electrons. The van der Waals surface area contributed by atoms with E-state index in [-0.39, 0.29) is 6.42 Å². The van der Waals surface area contributed by atoms with Crippen molar-refractivity contribution >= 4 is 23.6 Å². The van der Waals surface area contributed by atoms with E-state index >= 15 is 0 Å². The highest BCUT2D eigenvalue weighted by Gasteiger charge is 2.31. The van der Waals surface area contributed by atoms with Crippen LogP contribution in [0.4, 0.5) is 0 Å². The van der Waals surface area contributed by atoms with Crippen molar-refractivity contribution in [3.8, 4) is 11.3 Å². The summed E-state index contributed by atoms with van der Waals surface area (Å²) in [5.74, 6) is -0.432. The van der Waals surface area contributed by atoms with Crippen molar-refractivity contribution in [1.29, 1.82) is 0 Å². The Morgan fingerprint density at radius 2 is 1.64 bits per heavy atom. The Hall–Kier alpha value is -3.66. The average molecular weight is 370 g/mol. The summed E-state index contributed by atoms with van der Waals surface area (Å²) in [5, 5.41) is 0. The van der Waals surface area contributed by atoms with Crippen molar-refractivity contribution in [2.24, 2.45) is 0 Å². The fraction of sp³-hybridized carbons (Fsp3) is 0.0833. The van der Waals surface area contributed by atoms with E-state index in [1.54, 1.807) is 6.26 Å². The van der Waals surface area contributed by atoms with E-state index in [0.717, 1.165) is 22.3 Å². The summed E-state index contributed by atoms with van der Waals surface area (Å²) >= 11 is 0. The zero-order valence-electron chi connectivity index (χ0n) is 15.3. The minimum absolute atomic E-state index is 0.0417. The number of carbonyl (C=O) groups excluding carboxylic acids is 2. The summed E-state index contributed by atoms with van der Waals surface area (Å²) in [6.45, 7) is 1.92. The summed E-state index contributed by atoms with van der Waals surface area (Å²) in [4.78, 5) is 24.0. The van der Waals surface area contributed by atoms with Crippen LogP contribution >= 0.6 is 0 Å². The molecule has 1 aromatic heterocycles. The largest absolute Gasteiger partial charge is 0.464 e. The van der Waals surface area contributed by atoms with Gasteiger partial charge in [0.25, 0.3) is 0 Å². The normalized spacial score (nSPS) is 16.2. The third-order valence-corrected chi connectivity index (χ3v) is 4.60. The second kappa shape index (κ2) is 7.53. The third-order valence-electron chi connectivity index (χ3n) is 4.60. The van der Waals surface area contributed by atoms with Crippen LogP contribution in [0, 0.1) is 0 Å². The number of furan rings is 1. The minimum atomic E-state index is -0.594. The second-order valence-corrected chi connectivity index (χ2v) is 6.60. The van der Waals surface area contributed by atoms with Crippen LogP contribution in [0.1, 0.15) is 24.5 Å². The van der Waals surface area contributed by atoms with Gasteiger partial charge in [0, 0.05) is 11.1 Å². The lowest BCUT2D eigenvalue weighted by Crippen LogP contribution is -2.00. The zero-order chi connectivity index (χ0) is 19.5. The lowest BCUT2D eigenvalue weighted by molar-refractivity contribution is -0.151. The van der Waals surface area contributed by atoms with Gasteiger partial charge in [0.15, 0.2) is 0 Å². The quantitative estimate of drug-likeness (QED) is 0.356. The molecule has 28 heavy (non-hydrogen) atoms. The Kier molecular flexibility index (Phi) is 4.77. The van der Waals surface area contributed by atoms with Crippen molar-refractivity contribution in [1.82, 2.24) is 0 Å². The number of carbonyl (C=O) groups is 2. The summed E-state index contributed by atoms with van der Waals surface area (Å²) in [6.07, 6.45) is 3.55. The van der Waals surface area contributed by atoms with Gasteiger partial charge in [-0.05, 0) is 29.7 Å². The first kappa shape index (κ1) is 17.7. The van der Waals surface area contributed by atoms with Gasteiger partial charge in [0.05, 0.1) is 18.3 Å². The molecule has 1 aliphatic rings. The van der Waals surface area contributed by atoms with Crippen molar-refractivity contribution in [2.45, 2.75) is 13.3 Å². The fourth-order valence-corrected chi connectivity index (χ4v) is 3.34. The zero-order valence-corrected chi connectivity index (χ0v) is 15.3. The third kappa shape index (κ3) is 3.58. The molecule has 1 aliphatic heterocycles. The molecule has 4 rings (SSSR count). The Labute approximate surface area is 162 Å². The molecule has 0 amide bonds. The van der Waals surface area contributed by atoms with E-state index in [9.17, 15) is 9.59 Å². The molecule has 4 nitrogen and oxygen atoms in total. The van der Waals surface area contributed by atoms with Gasteiger partial charge in [-0.15, -0.1) is 0 Å². The number of cyclic esters (lactones) is 2. The maximum Gasteiger partial charge on any atom is 0.342 e. The molecule has 0 bridgehead atoms. The molecule has 4 heteroatoms. The monoisotopic (exact) mass is 370 g/mol. The number of hydrogen-bond acceptors (Lipinski definition) is 4. The highest BCUT2D eigenvalue weighted by Crippen LogP contribution is 2.35. The lowest BCUT2D eigenvalue weighted by atomic mass is 9.93. The van der Waals surface area contributed by atoms with Crippen LogP contribution in [0.5, 0.6) is 0 Å². The Morgan fingerprint density at radius 1 is 0.964 bits per heavy atom. The molecule has 0 radical (unpaired) electrons. The molecule has 2 aromatic carbocycles. The first-order valence-corrected chi connectivity index (χ1v) is 8.98. The van der Waals surface area contributed by atoms with E-state index in [0.29, 0.717) is 16.9 Å². The van der Waals surface area contributed by atoms with E-state index in [2.05, 4.69) is 0 Å². The maximum absolute atomic E-state index is 12.3. The van der Waals surface area contributed by atoms with Gasteiger partial charge in [0.1, 0.15) is 5.76 Å². The smallest absolute Gasteiger partial charge is 0.342 e. The van der Waals surface area contributed by atoms with Crippen molar-refractivity contribution in [2.75, 3.05) is 0 Å². The number of hydrogen-bond donors (Lipinski definition) is 0. The van der Waals surface area contributed by atoms with Crippen LogP contribution in [0.25, 0.3) is 23.0 Å². The van der Waals surface area contributed by atoms with E-state index in [4.69, 9.17) is 9.15 Å². The van der Waals surface area contributed by atoms with E-state index < -0.39 is 11.9 Å². The molecule has 0 N–H and O–H groups in total. The summed E-state index contributed by atoms with van der Waals surface area (Å²) in [5.41, 5.74) is 4.56. The standard InChI is InChI=1S/C24H18O4/c1-16(12-17-8-4-2-5-9-17)23(20-14-22(25)28-24(20)26)19-13-21(27-15-19)18-10-6-3-7-11-18/h2-13,15H,14H2,1H3. The summed E-state index contributed by atoms with van der Waals surface area (Å²) in [6, 6.07) is 21.4. The van der Waals surface area contributed by atoms with Gasteiger partial charge >= 0.3 is 11.9 Å². The van der Waals surface area contributed by atoms with Gasteiger partial charge < -0.3 is 9.15 Å². The van der Waals surface area contributed by atoms with Crippen molar-refractivity contribution in [3.63, 3.8) is 0 Å². The topological polar surface area (TPSA) is 56.5 Å². The molecular weight excluding hydrogens is 352 g/mol. The molecule has 2 heterocycles. The van der Waals surface area contributed by atoms with Crippen LogP contribution in [0.3, 0.4) is 0 Å². The summed E-state index contributed by atoms with van der Waals surface area (Å²) < 4.78 is 10.5. The fourth-order valence-electron chi connectivity index (χ4n) is 3.34. The van der Waals surface area contributed by atoms with Crippen molar-refractivity contribution in [3.05, 3.63) is 95.3 Å². The molecule has 0 spiro atoms. The van der Waals surface area contributed by atoms with Gasteiger partial charge in [0.2, 0.25) is 0 Å². The molecule has 1 fully saturated rings. The van der Waals surface area contributed by atoms with Gasteiger partial charge in [-0.2, -0.15) is 0 Å². The first-order chi connectivity index (χ1) is 13.6. The minimum Gasteiger partial charge on any atom is -0.464 e. The lowest BCUT2D eigenvalue weighted by Gasteiger charge is -2.08. The van der Waals surface area contributed by atoms with E-state index in [1.807, 2.05) is 79.7 Å². The molecule has 0 saturated carbocycles. The Morgan fingerprint density at radius 3 is 2.29 bits per heavy atom. The number of esters is 2. The summed E-state index contributed by atoms with van der Waals surface area (Å²) in [7, 11) is 0. The Balaban J connectivity index is 1.82. The molecular formula is C24H18O4. The van der Waals surface area contributed by atoms with Crippen LogP contribution in [0.2, 0.25) is 0 Å². The molecule has 3 aromatic rings. The van der Waals surface area contributed by atoms with Crippen LogP contribution < -0.4 is 0 Å². The van der Waals surface area contributed by atoms with Gasteiger partial charge in [-0.25, -0.2) is 4.79 Å². The highest BCUT2D eigenvalue weighted by atomic mass is 16.6. The van der Waals surface area contributed by atoms with Crippen molar-refractivity contribution < 1.29 is 18.7 Å². The highest BCUT2D eigenvalue weighted by molar-refractivity contribution is 6.13. The molecule has 0 atom stereocenters. The second-order valence-electron chi connectivity index (χ2n) is 6.60. The van der Waals surface area contributed by atoms with E-state index in [1.165, 1.54) is 0 Å². The first-order valence-electron chi connectivity index (χ1n) is 8.98. The number of benzene rings is 2.